The Balaban J connectivity index is 1.99. The molecule has 0 unspecified atom stereocenters. The smallest absolute Gasteiger partial charge is 0.255 e. The van der Waals surface area contributed by atoms with Gasteiger partial charge in [-0.15, -0.1) is 0 Å². The lowest BCUT2D eigenvalue weighted by atomic mass is 10.1. The molecule has 0 aliphatic heterocycles. The summed E-state index contributed by atoms with van der Waals surface area (Å²) >= 11 is 0. The average molecular weight is 326 g/mol. The maximum Gasteiger partial charge on any atom is 0.255 e. The number of hydrogen-bond acceptors (Lipinski definition) is 3. The predicted octanol–water partition coefficient (Wildman–Crippen LogP) is 2.67. The molecule has 5 heteroatoms. The number of rotatable bonds is 6. The van der Waals surface area contributed by atoms with Crippen molar-refractivity contribution in [3.05, 3.63) is 64.7 Å². The molecule has 0 saturated carbocycles. The molecule has 0 atom stereocenters. The lowest BCUT2D eigenvalue weighted by Crippen LogP contribution is -2.25. The molecule has 0 radical (unpaired) electrons. The topological polar surface area (TPSA) is 78.4 Å². The van der Waals surface area contributed by atoms with Crippen LogP contribution in [0.3, 0.4) is 0 Å². The Morgan fingerprint density at radius 3 is 2.21 bits per heavy atom. The van der Waals surface area contributed by atoms with Crippen LogP contribution in [0.15, 0.2) is 42.5 Å². The standard InChI is InChI=1S/C19H22N2O3/c1-13-4-5-16(12-14(13)2)19(24)21-17-8-6-15(7-9-17)18(23)20-10-3-11-22/h4-9,12,22H,3,10-11H2,1-2H3,(H,20,23)(H,21,24). The quantitative estimate of drug-likeness (QED) is 0.714. The van der Waals surface area contributed by atoms with Crippen LogP contribution in [0.4, 0.5) is 5.69 Å². The Bertz CT molecular complexity index is 724. The van der Waals surface area contributed by atoms with Gasteiger partial charge in [-0.3, -0.25) is 9.59 Å². The van der Waals surface area contributed by atoms with E-state index in [0.29, 0.717) is 29.8 Å². The maximum absolute atomic E-state index is 12.3. The molecule has 2 aromatic rings. The summed E-state index contributed by atoms with van der Waals surface area (Å²) in [7, 11) is 0. The second-order valence-corrected chi connectivity index (χ2v) is 5.66. The van der Waals surface area contributed by atoms with Crippen molar-refractivity contribution in [2.24, 2.45) is 0 Å². The van der Waals surface area contributed by atoms with E-state index in [-0.39, 0.29) is 18.4 Å². The molecule has 3 N–H and O–H groups in total. The molecule has 0 saturated heterocycles. The number of aliphatic hydroxyl groups is 1. The molecule has 5 nitrogen and oxygen atoms in total. The van der Waals surface area contributed by atoms with E-state index < -0.39 is 0 Å². The van der Waals surface area contributed by atoms with Crippen LogP contribution in [0.2, 0.25) is 0 Å². The SMILES string of the molecule is Cc1ccc(C(=O)Nc2ccc(C(=O)NCCCO)cc2)cc1C. The number of hydrogen-bond donors (Lipinski definition) is 3. The van der Waals surface area contributed by atoms with Gasteiger partial charge in [0.15, 0.2) is 0 Å². The zero-order valence-electron chi connectivity index (χ0n) is 13.9. The summed E-state index contributed by atoms with van der Waals surface area (Å²) in [6, 6.07) is 12.3. The number of amides is 2. The van der Waals surface area contributed by atoms with Gasteiger partial charge >= 0.3 is 0 Å². The summed E-state index contributed by atoms with van der Waals surface area (Å²) in [5, 5.41) is 14.2. The number of aryl methyl sites for hydroxylation is 2. The van der Waals surface area contributed by atoms with Crippen LogP contribution in [-0.2, 0) is 0 Å². The van der Waals surface area contributed by atoms with Crippen LogP contribution in [0.1, 0.15) is 38.3 Å². The molecule has 0 fully saturated rings. The molecular weight excluding hydrogens is 304 g/mol. The Hall–Kier alpha value is -2.66. The van der Waals surface area contributed by atoms with Crippen molar-refractivity contribution in [2.75, 3.05) is 18.5 Å². The lowest BCUT2D eigenvalue weighted by molar-refractivity contribution is 0.0950. The number of nitrogens with one attached hydrogen (secondary N) is 2. The molecule has 2 amide bonds. The van der Waals surface area contributed by atoms with Gasteiger partial charge in [0.1, 0.15) is 0 Å². The average Bonchev–Trinajstić information content (AvgIpc) is 2.58. The molecule has 0 aliphatic rings. The molecule has 0 heterocycles. The number of carbonyl (C=O) groups excluding carboxylic acids is 2. The summed E-state index contributed by atoms with van der Waals surface area (Å²) in [4.78, 5) is 24.1. The van der Waals surface area contributed by atoms with E-state index in [0.717, 1.165) is 11.1 Å². The van der Waals surface area contributed by atoms with Gasteiger partial charge in [0.05, 0.1) is 0 Å². The van der Waals surface area contributed by atoms with Gasteiger partial charge in [-0.25, -0.2) is 0 Å². The van der Waals surface area contributed by atoms with Gasteiger partial charge in [-0.2, -0.15) is 0 Å². The van der Waals surface area contributed by atoms with Crippen LogP contribution in [0.5, 0.6) is 0 Å². The summed E-state index contributed by atoms with van der Waals surface area (Å²) < 4.78 is 0. The van der Waals surface area contributed by atoms with Crippen molar-refractivity contribution in [3.8, 4) is 0 Å². The van der Waals surface area contributed by atoms with E-state index in [9.17, 15) is 9.59 Å². The first kappa shape index (κ1) is 17.7. The number of anilines is 1. The van der Waals surface area contributed by atoms with Gasteiger partial charge in [-0.05, 0) is 67.8 Å². The fourth-order valence-electron chi connectivity index (χ4n) is 2.17. The van der Waals surface area contributed by atoms with Gasteiger partial charge < -0.3 is 15.7 Å². The number of carbonyl (C=O) groups is 2. The largest absolute Gasteiger partial charge is 0.396 e. The lowest BCUT2D eigenvalue weighted by Gasteiger charge is -2.08. The molecule has 126 valence electrons. The van der Waals surface area contributed by atoms with Crippen LogP contribution < -0.4 is 10.6 Å². The number of aliphatic hydroxyl groups excluding tert-OH is 1. The third kappa shape index (κ3) is 4.67. The molecule has 2 rings (SSSR count). The number of benzene rings is 2. The van der Waals surface area contributed by atoms with Crippen LogP contribution in [-0.4, -0.2) is 30.1 Å². The third-order valence-corrected chi connectivity index (χ3v) is 3.79. The van der Waals surface area contributed by atoms with Gasteiger partial charge in [0.2, 0.25) is 0 Å². The van der Waals surface area contributed by atoms with E-state index >= 15 is 0 Å². The summed E-state index contributed by atoms with van der Waals surface area (Å²) in [5.74, 6) is -0.381. The Labute approximate surface area is 141 Å². The molecule has 0 aromatic heterocycles. The maximum atomic E-state index is 12.3. The minimum Gasteiger partial charge on any atom is -0.396 e. The highest BCUT2D eigenvalue weighted by molar-refractivity contribution is 6.04. The first-order valence-corrected chi connectivity index (χ1v) is 7.89. The first-order valence-electron chi connectivity index (χ1n) is 7.89. The summed E-state index contributed by atoms with van der Waals surface area (Å²) in [5.41, 5.74) is 3.95. The van der Waals surface area contributed by atoms with E-state index in [2.05, 4.69) is 10.6 Å². The zero-order chi connectivity index (χ0) is 17.5. The van der Waals surface area contributed by atoms with Crippen molar-refractivity contribution in [2.45, 2.75) is 20.3 Å². The highest BCUT2D eigenvalue weighted by Crippen LogP contribution is 2.14. The van der Waals surface area contributed by atoms with Gasteiger partial charge in [0, 0.05) is 30.0 Å². The van der Waals surface area contributed by atoms with Crippen molar-refractivity contribution in [1.29, 1.82) is 0 Å². The van der Waals surface area contributed by atoms with Gasteiger partial charge in [-0.1, -0.05) is 6.07 Å². The Morgan fingerprint density at radius 2 is 1.58 bits per heavy atom. The Morgan fingerprint density at radius 1 is 0.917 bits per heavy atom. The highest BCUT2D eigenvalue weighted by Gasteiger charge is 2.09. The molecule has 0 spiro atoms. The highest BCUT2D eigenvalue weighted by atomic mass is 16.3. The van der Waals surface area contributed by atoms with Crippen LogP contribution in [0.25, 0.3) is 0 Å². The first-order chi connectivity index (χ1) is 11.5. The van der Waals surface area contributed by atoms with E-state index in [1.165, 1.54) is 0 Å². The second kappa shape index (κ2) is 8.26. The van der Waals surface area contributed by atoms with Crippen LogP contribution in [0, 0.1) is 13.8 Å². The fourth-order valence-corrected chi connectivity index (χ4v) is 2.17. The van der Waals surface area contributed by atoms with E-state index in [1.54, 1.807) is 30.3 Å². The van der Waals surface area contributed by atoms with E-state index in [4.69, 9.17) is 5.11 Å². The van der Waals surface area contributed by atoms with Crippen molar-refractivity contribution >= 4 is 17.5 Å². The van der Waals surface area contributed by atoms with Crippen molar-refractivity contribution < 1.29 is 14.7 Å². The summed E-state index contributed by atoms with van der Waals surface area (Å²) in [6.45, 7) is 4.45. The minimum atomic E-state index is -0.199. The monoisotopic (exact) mass is 326 g/mol. The molecule has 0 bridgehead atoms. The predicted molar refractivity (Wildman–Crippen MR) is 94.3 cm³/mol. The Kier molecular flexibility index (Phi) is 6.09. The van der Waals surface area contributed by atoms with Crippen molar-refractivity contribution in [3.63, 3.8) is 0 Å². The normalized spacial score (nSPS) is 10.3. The van der Waals surface area contributed by atoms with Gasteiger partial charge in [0.25, 0.3) is 11.8 Å². The fraction of sp³-hybridized carbons (Fsp3) is 0.263. The van der Waals surface area contributed by atoms with E-state index in [1.807, 2.05) is 26.0 Å². The van der Waals surface area contributed by atoms with Crippen LogP contribution >= 0.6 is 0 Å². The second-order valence-electron chi connectivity index (χ2n) is 5.66. The minimum absolute atomic E-state index is 0.0454. The third-order valence-electron chi connectivity index (χ3n) is 3.79. The van der Waals surface area contributed by atoms with Crippen molar-refractivity contribution in [1.82, 2.24) is 5.32 Å². The zero-order valence-corrected chi connectivity index (χ0v) is 13.9. The molecule has 0 aliphatic carbocycles. The molecule has 2 aromatic carbocycles. The summed E-state index contributed by atoms with van der Waals surface area (Å²) in [6.07, 6.45) is 0.524. The molecule has 24 heavy (non-hydrogen) atoms. The molecular formula is C19H22N2O3.